The van der Waals surface area contributed by atoms with Crippen LogP contribution in [0.4, 0.5) is 23.4 Å². The minimum absolute atomic E-state index is 0. The minimum atomic E-state index is -5.07. The molecule has 2 rings (SSSR count). The summed E-state index contributed by atoms with van der Waals surface area (Å²) in [6, 6.07) is 1.11. The Bertz CT molecular complexity index is 573. The number of piperazine rings is 1. The minimum Gasteiger partial charge on any atom is -0.445 e. The molecule has 1 saturated heterocycles. The molecule has 0 atom stereocenters. The number of carbonyl (C=O) groups is 1. The largest absolute Gasteiger partial charge is 1.00 e. The first-order valence-corrected chi connectivity index (χ1v) is 7.44. The van der Waals surface area contributed by atoms with Crippen molar-refractivity contribution in [2.45, 2.75) is 26.4 Å². The molecule has 0 saturated carbocycles. The van der Waals surface area contributed by atoms with Crippen LogP contribution in [-0.2, 0) is 4.74 Å². The third kappa shape index (κ3) is 6.21. The summed E-state index contributed by atoms with van der Waals surface area (Å²) in [4.78, 5) is 19.0. The maximum absolute atomic E-state index is 12.8. The van der Waals surface area contributed by atoms with Crippen LogP contribution in [0.15, 0.2) is 18.5 Å². The Morgan fingerprint density at radius 2 is 1.75 bits per heavy atom. The van der Waals surface area contributed by atoms with E-state index in [9.17, 15) is 17.7 Å². The summed E-state index contributed by atoms with van der Waals surface area (Å²) in [7, 11) is 0. The molecule has 128 valence electrons. The Balaban J connectivity index is 0.00000288. The van der Waals surface area contributed by atoms with E-state index in [0.717, 1.165) is 12.3 Å². The Morgan fingerprint density at radius 1 is 1.17 bits per heavy atom. The van der Waals surface area contributed by atoms with Crippen molar-refractivity contribution in [1.29, 1.82) is 0 Å². The fourth-order valence-corrected chi connectivity index (χ4v) is 2.27. The van der Waals surface area contributed by atoms with Crippen LogP contribution in [0.1, 0.15) is 20.8 Å². The van der Waals surface area contributed by atoms with Gasteiger partial charge < -0.3 is 27.5 Å². The van der Waals surface area contributed by atoms with Crippen LogP contribution in [0.5, 0.6) is 0 Å². The zero-order valence-corrected chi connectivity index (χ0v) is 17.6. The van der Waals surface area contributed by atoms with Gasteiger partial charge in [0.2, 0.25) is 0 Å². The monoisotopic (exact) mass is 369 g/mol. The summed E-state index contributed by atoms with van der Waals surface area (Å²) in [6.07, 6.45) is 1.84. The van der Waals surface area contributed by atoms with Gasteiger partial charge in [-0.1, -0.05) is 11.5 Å². The normalized spacial score (nSPS) is 15.8. The number of amides is 1. The molecule has 0 aromatic carbocycles. The van der Waals surface area contributed by atoms with Gasteiger partial charge in [-0.2, -0.15) is 0 Å². The first-order valence-electron chi connectivity index (χ1n) is 7.44. The molecule has 0 bridgehead atoms. The van der Waals surface area contributed by atoms with Gasteiger partial charge in [0.05, 0.1) is 5.69 Å². The molecule has 10 heteroatoms. The van der Waals surface area contributed by atoms with E-state index < -0.39 is 24.1 Å². The van der Waals surface area contributed by atoms with E-state index in [4.69, 9.17) is 4.74 Å². The Labute approximate surface area is 182 Å². The number of hydrogen-bond donors (Lipinski definition) is 0. The Kier molecular flexibility index (Phi) is 7.61. The molecule has 1 aliphatic heterocycles. The third-order valence-electron chi connectivity index (χ3n) is 3.42. The molecule has 0 aliphatic carbocycles. The predicted octanol–water partition coefficient (Wildman–Crippen LogP) is -0.803. The van der Waals surface area contributed by atoms with Gasteiger partial charge >= 0.3 is 64.5 Å². The summed E-state index contributed by atoms with van der Waals surface area (Å²) in [5, 5.41) is 0. The van der Waals surface area contributed by atoms with Crippen molar-refractivity contribution < 1.29 is 73.9 Å². The topological polar surface area (TPSA) is 45.7 Å². The van der Waals surface area contributed by atoms with E-state index in [1.807, 2.05) is 0 Å². The molecule has 1 aromatic heterocycles. The molecular weight excluding hydrogens is 349 g/mol. The van der Waals surface area contributed by atoms with Gasteiger partial charge in [-0.05, 0) is 20.8 Å². The molecule has 0 spiro atoms. The molecule has 1 aliphatic rings. The number of pyridine rings is 1. The molecule has 2 heterocycles. The molecule has 1 amide bonds. The summed E-state index contributed by atoms with van der Waals surface area (Å²) in [5.74, 6) is 0. The smallest absolute Gasteiger partial charge is 0.445 e. The van der Waals surface area contributed by atoms with Crippen molar-refractivity contribution >= 4 is 24.2 Å². The first-order chi connectivity index (χ1) is 10.6. The van der Waals surface area contributed by atoms with Crippen LogP contribution >= 0.6 is 0 Å². The fourth-order valence-electron chi connectivity index (χ4n) is 2.27. The quantitative estimate of drug-likeness (QED) is 0.641. The van der Waals surface area contributed by atoms with Gasteiger partial charge in [0.1, 0.15) is 5.60 Å². The number of halogens is 3. The Hall–Kier alpha value is -0.289. The first kappa shape index (κ1) is 21.8. The summed E-state index contributed by atoms with van der Waals surface area (Å²) in [6.45, 7) is 1.98. The average Bonchev–Trinajstić information content (AvgIpc) is 2.45. The second-order valence-corrected chi connectivity index (χ2v) is 6.51. The number of aromatic nitrogens is 1. The molecule has 5 nitrogen and oxygen atoms in total. The number of hydrogen-bond acceptors (Lipinski definition) is 4. The van der Waals surface area contributed by atoms with Gasteiger partial charge in [0.25, 0.3) is 0 Å². The SMILES string of the molecule is CC(C)(C)OC(=O)N1CCN(c2cncc([B-](F)(F)F)c2)CC1.[K+]. The van der Waals surface area contributed by atoms with E-state index in [2.05, 4.69) is 4.98 Å². The number of carbonyl (C=O) groups excluding carboxylic acids is 1. The van der Waals surface area contributed by atoms with Crippen LogP contribution in [0.25, 0.3) is 0 Å². The maximum atomic E-state index is 12.8. The van der Waals surface area contributed by atoms with Gasteiger partial charge in [-0.25, -0.2) is 4.79 Å². The van der Waals surface area contributed by atoms with Gasteiger partial charge in [0, 0.05) is 38.6 Å². The molecule has 1 aromatic rings. The second kappa shape index (κ2) is 8.39. The van der Waals surface area contributed by atoms with Crippen LogP contribution < -0.4 is 61.7 Å². The third-order valence-corrected chi connectivity index (χ3v) is 3.42. The molecule has 24 heavy (non-hydrogen) atoms. The van der Waals surface area contributed by atoms with E-state index in [1.165, 1.54) is 6.20 Å². The second-order valence-electron chi connectivity index (χ2n) is 6.51. The van der Waals surface area contributed by atoms with E-state index in [-0.39, 0.29) is 51.4 Å². The van der Waals surface area contributed by atoms with Gasteiger partial charge in [0.15, 0.2) is 0 Å². The van der Waals surface area contributed by atoms with Crippen molar-refractivity contribution in [3.05, 3.63) is 18.5 Å². The van der Waals surface area contributed by atoms with E-state index in [1.54, 1.807) is 30.6 Å². The van der Waals surface area contributed by atoms with Crippen LogP contribution in [0.2, 0.25) is 0 Å². The zero-order valence-electron chi connectivity index (χ0n) is 14.4. The van der Waals surface area contributed by atoms with Crippen molar-refractivity contribution in [2.75, 3.05) is 31.1 Å². The molecular formula is C14H20BF3KN3O2. The predicted molar refractivity (Wildman–Crippen MR) is 83.0 cm³/mol. The maximum Gasteiger partial charge on any atom is 1.00 e. The number of rotatable bonds is 2. The summed E-state index contributed by atoms with van der Waals surface area (Å²) in [5.41, 5.74) is -0.857. The number of nitrogens with zero attached hydrogens (tertiary/aromatic N) is 3. The number of ether oxygens (including phenoxy) is 1. The fraction of sp³-hybridized carbons (Fsp3) is 0.571. The van der Waals surface area contributed by atoms with Crippen molar-refractivity contribution in [3.8, 4) is 0 Å². The van der Waals surface area contributed by atoms with Crippen molar-refractivity contribution in [1.82, 2.24) is 9.88 Å². The van der Waals surface area contributed by atoms with Crippen molar-refractivity contribution in [3.63, 3.8) is 0 Å². The average molecular weight is 369 g/mol. The Morgan fingerprint density at radius 3 is 2.25 bits per heavy atom. The number of anilines is 1. The van der Waals surface area contributed by atoms with E-state index in [0.29, 0.717) is 31.9 Å². The van der Waals surface area contributed by atoms with Gasteiger partial charge in [-0.15, -0.1) is 0 Å². The molecule has 0 N–H and O–H groups in total. The van der Waals surface area contributed by atoms with Crippen LogP contribution in [0.3, 0.4) is 0 Å². The molecule has 1 fully saturated rings. The summed E-state index contributed by atoms with van der Waals surface area (Å²) >= 11 is 0. The molecule has 0 unspecified atom stereocenters. The van der Waals surface area contributed by atoms with Crippen LogP contribution in [0, 0.1) is 0 Å². The standard InChI is InChI=1S/C14H20BF3N3O2.K/c1-14(2,3)23-13(22)21-6-4-20(5-7-21)12-8-11(9-19-10-12)15(16,17)18;/h8-10H,4-7H2,1-3H3;/q-1;+1. The van der Waals surface area contributed by atoms with Gasteiger partial charge in [-0.3, -0.25) is 4.98 Å². The van der Waals surface area contributed by atoms with E-state index >= 15 is 0 Å². The zero-order chi connectivity index (χ0) is 17.3. The molecule has 0 radical (unpaired) electrons. The summed E-state index contributed by atoms with van der Waals surface area (Å²) < 4.78 is 43.7. The van der Waals surface area contributed by atoms with Crippen molar-refractivity contribution in [2.24, 2.45) is 0 Å². The van der Waals surface area contributed by atoms with Crippen LogP contribution in [-0.4, -0.2) is 54.7 Å².